The number of benzene rings is 6. The normalized spacial score (nSPS) is 15.3. The van der Waals surface area contributed by atoms with Gasteiger partial charge in [-0.3, -0.25) is 0 Å². The molecule has 10 rings (SSSR count). The van der Waals surface area contributed by atoms with Crippen LogP contribution in [0.25, 0.3) is 72.4 Å². The fraction of sp³-hybridized carbons (Fsp3) is 0.0833. The molecule has 0 fully saturated rings. The van der Waals surface area contributed by atoms with Crippen LogP contribution in [-0.2, 0) is 6.42 Å². The molecule has 2 heterocycles. The molecule has 2 nitrogen and oxygen atoms in total. The van der Waals surface area contributed by atoms with Crippen molar-refractivity contribution in [3.63, 3.8) is 0 Å². The second kappa shape index (κ2) is 11.8. The summed E-state index contributed by atoms with van der Waals surface area (Å²) >= 11 is 0. The van der Waals surface area contributed by atoms with Gasteiger partial charge in [-0.05, 0) is 113 Å². The van der Waals surface area contributed by atoms with Crippen LogP contribution in [0.4, 0.5) is 0 Å². The molecule has 238 valence electrons. The van der Waals surface area contributed by atoms with Gasteiger partial charge in [0.1, 0.15) is 0 Å². The van der Waals surface area contributed by atoms with E-state index in [9.17, 15) is 0 Å². The molecule has 0 amide bonds. The van der Waals surface area contributed by atoms with Crippen LogP contribution in [0.3, 0.4) is 0 Å². The molecule has 0 N–H and O–H groups in total. The van der Waals surface area contributed by atoms with Gasteiger partial charge >= 0.3 is 0 Å². The van der Waals surface area contributed by atoms with Gasteiger partial charge in [-0.15, -0.1) is 0 Å². The largest absolute Gasteiger partial charge is 0.310 e. The summed E-state index contributed by atoms with van der Waals surface area (Å²) in [5.74, 6) is 0.415. The van der Waals surface area contributed by atoms with Gasteiger partial charge in [0.25, 0.3) is 0 Å². The van der Waals surface area contributed by atoms with Crippen molar-refractivity contribution in [3.8, 4) is 33.6 Å². The third-order valence-electron chi connectivity index (χ3n) is 10.7. The Labute approximate surface area is 292 Å². The molecule has 2 aliphatic rings. The number of para-hydroxylation sites is 1. The van der Waals surface area contributed by atoms with Gasteiger partial charge in [-0.1, -0.05) is 115 Å². The van der Waals surface area contributed by atoms with Gasteiger partial charge in [0.05, 0.1) is 16.6 Å². The van der Waals surface area contributed by atoms with Crippen molar-refractivity contribution in [1.82, 2.24) is 9.13 Å². The predicted octanol–water partition coefficient (Wildman–Crippen LogP) is 12.6. The summed E-state index contributed by atoms with van der Waals surface area (Å²) in [5.41, 5.74) is 15.2. The van der Waals surface area contributed by atoms with Gasteiger partial charge in [0.2, 0.25) is 0 Å². The Balaban J connectivity index is 1.10. The van der Waals surface area contributed by atoms with Gasteiger partial charge in [-0.2, -0.15) is 0 Å². The number of aryl methyl sites for hydroxylation is 1. The number of rotatable bonds is 5. The summed E-state index contributed by atoms with van der Waals surface area (Å²) in [5, 5.41) is 3.91. The van der Waals surface area contributed by atoms with Crippen LogP contribution in [0, 0.1) is 0 Å². The van der Waals surface area contributed by atoms with E-state index in [1.165, 1.54) is 83.2 Å². The molecule has 8 aromatic rings. The first kappa shape index (κ1) is 28.9. The minimum Gasteiger partial charge on any atom is -0.310 e. The summed E-state index contributed by atoms with van der Waals surface area (Å²) < 4.78 is 4.90. The average molecular weight is 641 g/mol. The minimum atomic E-state index is 0.415. The summed E-state index contributed by atoms with van der Waals surface area (Å²) in [6, 6.07) is 51.7. The SMILES string of the molecule is C1=CCC(c2cccc(-n3c4ccccc4c4cc(-c5ccc6c(c5)c5c(n6-c6cccc(-c7ccccc7)c6)C=CCC5)ccc43)c2)C=C1. The molecule has 0 saturated heterocycles. The standard InChI is InChI=1S/C48H36N2/c1-3-13-33(14-4-1)35-17-11-19-39(29-35)49-45-23-9-7-21-41(45)43-31-37(25-27-47(43)49)38-26-28-48-44(32-38)42-22-8-10-24-46(42)50(48)40-20-12-18-36(30-40)34-15-5-2-6-16-34/h1-7,9-13,15-21,23-33H,8,14,22H2. The lowest BCUT2D eigenvalue weighted by Crippen LogP contribution is -2.00. The third kappa shape index (κ3) is 4.71. The second-order valence-electron chi connectivity index (χ2n) is 13.6. The molecule has 0 radical (unpaired) electrons. The Morgan fingerprint density at radius 2 is 1.18 bits per heavy atom. The van der Waals surface area contributed by atoms with Crippen LogP contribution in [-0.4, -0.2) is 9.13 Å². The lowest BCUT2D eigenvalue weighted by atomic mass is 9.92. The van der Waals surface area contributed by atoms with E-state index in [1.54, 1.807) is 0 Å². The highest BCUT2D eigenvalue weighted by atomic mass is 15.0. The molecule has 2 aromatic heterocycles. The van der Waals surface area contributed by atoms with Crippen molar-refractivity contribution >= 4 is 38.8 Å². The molecule has 2 heteroatoms. The quantitative estimate of drug-likeness (QED) is 0.177. The van der Waals surface area contributed by atoms with Crippen molar-refractivity contribution in [1.29, 1.82) is 0 Å². The minimum absolute atomic E-state index is 0.415. The van der Waals surface area contributed by atoms with E-state index in [2.05, 4.69) is 185 Å². The zero-order valence-electron chi connectivity index (χ0n) is 27.8. The molecule has 0 spiro atoms. The number of nitrogens with zero attached hydrogens (tertiary/aromatic N) is 2. The lowest BCUT2D eigenvalue weighted by molar-refractivity contribution is 0.852. The van der Waals surface area contributed by atoms with Crippen molar-refractivity contribution < 1.29 is 0 Å². The van der Waals surface area contributed by atoms with E-state index >= 15 is 0 Å². The molecule has 0 bridgehead atoms. The Hall–Kier alpha value is -6.12. The van der Waals surface area contributed by atoms with Crippen LogP contribution < -0.4 is 0 Å². The van der Waals surface area contributed by atoms with Gasteiger partial charge < -0.3 is 9.13 Å². The van der Waals surface area contributed by atoms with Crippen LogP contribution >= 0.6 is 0 Å². The average Bonchev–Trinajstić information content (AvgIpc) is 3.71. The fourth-order valence-electron chi connectivity index (χ4n) is 8.30. The molecule has 2 aliphatic carbocycles. The van der Waals surface area contributed by atoms with Crippen molar-refractivity contribution in [2.45, 2.75) is 25.2 Å². The summed E-state index contributed by atoms with van der Waals surface area (Å²) in [7, 11) is 0. The van der Waals surface area contributed by atoms with Crippen LogP contribution in [0.2, 0.25) is 0 Å². The fourth-order valence-corrected chi connectivity index (χ4v) is 8.30. The Bertz CT molecular complexity index is 2680. The monoisotopic (exact) mass is 640 g/mol. The number of hydrogen-bond donors (Lipinski definition) is 0. The molecule has 1 unspecified atom stereocenters. The van der Waals surface area contributed by atoms with Crippen LogP contribution in [0.5, 0.6) is 0 Å². The maximum atomic E-state index is 2.46. The third-order valence-corrected chi connectivity index (χ3v) is 10.7. The van der Waals surface area contributed by atoms with Crippen molar-refractivity contribution in [2.75, 3.05) is 0 Å². The highest BCUT2D eigenvalue weighted by molar-refractivity contribution is 6.10. The van der Waals surface area contributed by atoms with E-state index in [0.29, 0.717) is 5.92 Å². The lowest BCUT2D eigenvalue weighted by Gasteiger charge is -2.16. The maximum Gasteiger partial charge on any atom is 0.0541 e. The Morgan fingerprint density at radius 3 is 2.02 bits per heavy atom. The molecule has 50 heavy (non-hydrogen) atoms. The first-order valence-electron chi connectivity index (χ1n) is 17.8. The number of allylic oxidation sites excluding steroid dienone is 5. The van der Waals surface area contributed by atoms with E-state index < -0.39 is 0 Å². The van der Waals surface area contributed by atoms with E-state index in [-0.39, 0.29) is 0 Å². The summed E-state index contributed by atoms with van der Waals surface area (Å²) in [6.07, 6.45) is 16.7. The first-order chi connectivity index (χ1) is 24.8. The second-order valence-corrected chi connectivity index (χ2v) is 13.6. The molecule has 1 atom stereocenters. The molecule has 0 aliphatic heterocycles. The van der Waals surface area contributed by atoms with E-state index in [0.717, 1.165) is 19.3 Å². The number of hydrogen-bond acceptors (Lipinski definition) is 0. The number of aromatic nitrogens is 2. The first-order valence-corrected chi connectivity index (χ1v) is 17.8. The molecular formula is C48H36N2. The van der Waals surface area contributed by atoms with Crippen LogP contribution in [0.1, 0.15) is 35.6 Å². The molecular weight excluding hydrogens is 605 g/mol. The summed E-state index contributed by atoms with van der Waals surface area (Å²) in [6.45, 7) is 0. The van der Waals surface area contributed by atoms with Crippen molar-refractivity contribution in [2.24, 2.45) is 0 Å². The maximum absolute atomic E-state index is 2.46. The van der Waals surface area contributed by atoms with Crippen molar-refractivity contribution in [3.05, 3.63) is 187 Å². The predicted molar refractivity (Wildman–Crippen MR) is 211 cm³/mol. The van der Waals surface area contributed by atoms with E-state index in [1.807, 2.05) is 0 Å². The zero-order valence-corrected chi connectivity index (χ0v) is 27.8. The van der Waals surface area contributed by atoms with Gasteiger partial charge in [0, 0.05) is 39.1 Å². The number of fused-ring (bicyclic) bond motifs is 6. The van der Waals surface area contributed by atoms with Gasteiger partial charge in [-0.25, -0.2) is 0 Å². The topological polar surface area (TPSA) is 9.86 Å². The smallest absolute Gasteiger partial charge is 0.0541 e. The Morgan fingerprint density at radius 1 is 0.480 bits per heavy atom. The molecule has 0 saturated carbocycles. The van der Waals surface area contributed by atoms with E-state index in [4.69, 9.17) is 0 Å². The van der Waals surface area contributed by atoms with Crippen LogP contribution in [0.15, 0.2) is 170 Å². The summed E-state index contributed by atoms with van der Waals surface area (Å²) in [4.78, 5) is 0. The zero-order chi connectivity index (χ0) is 33.0. The van der Waals surface area contributed by atoms with Gasteiger partial charge in [0.15, 0.2) is 0 Å². The molecule has 6 aromatic carbocycles. The Kier molecular flexibility index (Phi) is 6.80. The highest BCUT2D eigenvalue weighted by Crippen LogP contribution is 2.40. The highest BCUT2D eigenvalue weighted by Gasteiger charge is 2.20.